The van der Waals surface area contributed by atoms with Gasteiger partial charge in [0.25, 0.3) is 0 Å². The normalized spacial score (nSPS) is 12.9. The zero-order chi connectivity index (χ0) is 13.8. The fraction of sp³-hybridized carbons (Fsp3) is 0.364. The molecular formula is C11H11ClF3NO2. The Balaban J connectivity index is 2.58. The highest BCUT2D eigenvalue weighted by Gasteiger charge is 2.41. The van der Waals surface area contributed by atoms with Crippen LogP contribution in [-0.2, 0) is 4.74 Å². The number of amides is 1. The van der Waals surface area contributed by atoms with E-state index in [1.165, 1.54) is 31.2 Å². The van der Waals surface area contributed by atoms with Crippen molar-refractivity contribution < 1.29 is 22.7 Å². The standard InChI is InChI=1S/C11H11ClF3NO2/c1-2-9(11(13,14)15)18-10(17)16-8-5-3-7(12)4-6-8/h3-6,9H,2H2,1H3,(H,16,17). The maximum Gasteiger partial charge on any atom is 0.425 e. The van der Waals surface area contributed by atoms with Gasteiger partial charge in [0.05, 0.1) is 0 Å². The van der Waals surface area contributed by atoms with Crippen molar-refractivity contribution in [1.82, 2.24) is 0 Å². The molecule has 0 fully saturated rings. The lowest BCUT2D eigenvalue weighted by Gasteiger charge is -2.19. The molecule has 0 saturated carbocycles. The SMILES string of the molecule is CCC(OC(=O)Nc1ccc(Cl)cc1)C(F)(F)F. The Morgan fingerprint density at radius 2 is 1.94 bits per heavy atom. The molecule has 0 saturated heterocycles. The summed E-state index contributed by atoms with van der Waals surface area (Å²) in [4.78, 5) is 11.2. The summed E-state index contributed by atoms with van der Waals surface area (Å²) >= 11 is 5.62. The Labute approximate surface area is 107 Å². The van der Waals surface area contributed by atoms with Gasteiger partial charge in [0.1, 0.15) is 0 Å². The second-order valence-corrected chi connectivity index (χ2v) is 3.91. The Bertz CT molecular complexity index is 406. The minimum Gasteiger partial charge on any atom is -0.436 e. The first-order chi connectivity index (χ1) is 8.32. The van der Waals surface area contributed by atoms with Crippen LogP contribution in [0.2, 0.25) is 5.02 Å². The van der Waals surface area contributed by atoms with Gasteiger partial charge < -0.3 is 4.74 Å². The molecule has 1 aromatic rings. The molecule has 0 aromatic heterocycles. The van der Waals surface area contributed by atoms with Gasteiger partial charge in [-0.05, 0) is 30.7 Å². The van der Waals surface area contributed by atoms with E-state index in [9.17, 15) is 18.0 Å². The van der Waals surface area contributed by atoms with Crippen LogP contribution in [0.25, 0.3) is 0 Å². The molecule has 100 valence electrons. The molecule has 0 aliphatic heterocycles. The number of hydrogen-bond acceptors (Lipinski definition) is 2. The number of carbonyl (C=O) groups excluding carboxylic acids is 1. The van der Waals surface area contributed by atoms with Gasteiger partial charge in [0.2, 0.25) is 0 Å². The van der Waals surface area contributed by atoms with E-state index >= 15 is 0 Å². The van der Waals surface area contributed by atoms with Gasteiger partial charge in [-0.25, -0.2) is 4.79 Å². The number of nitrogens with one attached hydrogen (secondary N) is 1. The van der Waals surface area contributed by atoms with Gasteiger partial charge >= 0.3 is 12.3 Å². The molecule has 1 unspecified atom stereocenters. The highest BCUT2D eigenvalue weighted by atomic mass is 35.5. The second-order valence-electron chi connectivity index (χ2n) is 3.48. The fourth-order valence-electron chi connectivity index (χ4n) is 1.19. The molecule has 1 rings (SSSR count). The molecule has 1 atom stereocenters. The molecule has 3 nitrogen and oxygen atoms in total. The van der Waals surface area contributed by atoms with E-state index in [1.54, 1.807) is 0 Å². The average Bonchev–Trinajstić information content (AvgIpc) is 2.27. The number of rotatable bonds is 3. The maximum absolute atomic E-state index is 12.4. The van der Waals surface area contributed by atoms with Crippen LogP contribution < -0.4 is 5.32 Å². The first-order valence-electron chi connectivity index (χ1n) is 5.13. The summed E-state index contributed by atoms with van der Waals surface area (Å²) in [5.41, 5.74) is 0.307. The van der Waals surface area contributed by atoms with Gasteiger partial charge in [-0.15, -0.1) is 0 Å². The Morgan fingerprint density at radius 3 is 2.39 bits per heavy atom. The van der Waals surface area contributed by atoms with Crippen molar-refractivity contribution in [2.75, 3.05) is 5.32 Å². The number of hydrogen-bond donors (Lipinski definition) is 1. The molecular weight excluding hydrogens is 271 g/mol. The smallest absolute Gasteiger partial charge is 0.425 e. The number of halogens is 4. The number of benzene rings is 1. The van der Waals surface area contributed by atoms with Crippen molar-refractivity contribution in [3.8, 4) is 0 Å². The van der Waals surface area contributed by atoms with E-state index in [0.717, 1.165) is 0 Å². The van der Waals surface area contributed by atoms with Crippen molar-refractivity contribution in [3.63, 3.8) is 0 Å². The molecule has 0 aliphatic carbocycles. The monoisotopic (exact) mass is 281 g/mol. The predicted octanol–water partition coefficient (Wildman–Crippen LogP) is 4.23. The third kappa shape index (κ3) is 4.44. The zero-order valence-corrected chi connectivity index (χ0v) is 10.2. The van der Waals surface area contributed by atoms with Gasteiger partial charge in [-0.3, -0.25) is 5.32 Å². The summed E-state index contributed by atoms with van der Waals surface area (Å²) in [6, 6.07) is 5.91. The van der Waals surface area contributed by atoms with Crippen LogP contribution >= 0.6 is 11.6 Å². The van der Waals surface area contributed by atoms with E-state index in [0.29, 0.717) is 10.7 Å². The summed E-state index contributed by atoms with van der Waals surface area (Å²) in [6.45, 7) is 1.29. The van der Waals surface area contributed by atoms with Crippen LogP contribution in [0.3, 0.4) is 0 Å². The minimum absolute atomic E-state index is 0.307. The third-order valence-electron chi connectivity index (χ3n) is 2.08. The van der Waals surface area contributed by atoms with Crippen molar-refractivity contribution in [2.24, 2.45) is 0 Å². The molecule has 0 spiro atoms. The van der Waals surface area contributed by atoms with Crippen molar-refractivity contribution in [1.29, 1.82) is 0 Å². The topological polar surface area (TPSA) is 38.3 Å². The van der Waals surface area contributed by atoms with Gasteiger partial charge in [0, 0.05) is 10.7 Å². The lowest BCUT2D eigenvalue weighted by Crippen LogP contribution is -2.34. The Hall–Kier alpha value is -1.43. The van der Waals surface area contributed by atoms with Crippen molar-refractivity contribution >= 4 is 23.4 Å². The van der Waals surface area contributed by atoms with E-state index in [-0.39, 0.29) is 6.42 Å². The summed E-state index contributed by atoms with van der Waals surface area (Å²) in [7, 11) is 0. The summed E-state index contributed by atoms with van der Waals surface area (Å²) in [6.07, 6.45) is -8.16. The molecule has 0 aliphatic rings. The Morgan fingerprint density at radius 1 is 1.39 bits per heavy atom. The van der Waals surface area contributed by atoms with E-state index in [4.69, 9.17) is 11.6 Å². The van der Waals surface area contributed by atoms with Crippen LogP contribution in [0.1, 0.15) is 13.3 Å². The summed E-state index contributed by atoms with van der Waals surface area (Å²) in [5.74, 6) is 0. The molecule has 18 heavy (non-hydrogen) atoms. The average molecular weight is 282 g/mol. The van der Waals surface area contributed by atoms with Crippen LogP contribution in [0.4, 0.5) is 23.7 Å². The van der Waals surface area contributed by atoms with E-state index in [2.05, 4.69) is 10.1 Å². The van der Waals surface area contributed by atoms with Gasteiger partial charge in [0.15, 0.2) is 6.10 Å². The largest absolute Gasteiger partial charge is 0.436 e. The molecule has 1 aromatic carbocycles. The first kappa shape index (κ1) is 14.6. The molecule has 1 N–H and O–H groups in total. The zero-order valence-electron chi connectivity index (χ0n) is 9.42. The lowest BCUT2D eigenvalue weighted by atomic mass is 10.3. The van der Waals surface area contributed by atoms with Crippen molar-refractivity contribution in [3.05, 3.63) is 29.3 Å². The molecule has 0 radical (unpaired) electrons. The lowest BCUT2D eigenvalue weighted by molar-refractivity contribution is -0.202. The van der Waals surface area contributed by atoms with Crippen LogP contribution in [-0.4, -0.2) is 18.4 Å². The Kier molecular flexibility index (Phi) is 4.84. The maximum atomic E-state index is 12.4. The van der Waals surface area contributed by atoms with E-state index < -0.39 is 18.4 Å². The summed E-state index contributed by atoms with van der Waals surface area (Å²) < 4.78 is 41.3. The fourth-order valence-corrected chi connectivity index (χ4v) is 1.32. The highest BCUT2D eigenvalue weighted by molar-refractivity contribution is 6.30. The molecule has 1 amide bonds. The number of anilines is 1. The van der Waals surface area contributed by atoms with Crippen molar-refractivity contribution in [2.45, 2.75) is 25.6 Å². The molecule has 0 heterocycles. The minimum atomic E-state index is -4.56. The van der Waals surface area contributed by atoms with Crippen LogP contribution in [0.5, 0.6) is 0 Å². The van der Waals surface area contributed by atoms with Crippen LogP contribution in [0, 0.1) is 0 Å². The quantitative estimate of drug-likeness (QED) is 0.900. The summed E-state index contributed by atoms with van der Waals surface area (Å²) in [5, 5.41) is 2.64. The van der Waals surface area contributed by atoms with Gasteiger partial charge in [-0.1, -0.05) is 18.5 Å². The third-order valence-corrected chi connectivity index (χ3v) is 2.33. The van der Waals surface area contributed by atoms with Crippen LogP contribution in [0.15, 0.2) is 24.3 Å². The van der Waals surface area contributed by atoms with E-state index in [1.807, 2.05) is 0 Å². The molecule has 0 bridgehead atoms. The molecule has 7 heteroatoms. The predicted molar refractivity (Wildman–Crippen MR) is 61.7 cm³/mol. The second kappa shape index (κ2) is 5.95. The highest BCUT2D eigenvalue weighted by Crippen LogP contribution is 2.25. The number of carbonyl (C=O) groups is 1. The van der Waals surface area contributed by atoms with Gasteiger partial charge in [-0.2, -0.15) is 13.2 Å². The first-order valence-corrected chi connectivity index (χ1v) is 5.50. The number of ether oxygens (including phenoxy) is 1. The number of alkyl halides is 3.